The van der Waals surface area contributed by atoms with Crippen molar-refractivity contribution in [2.75, 3.05) is 18.7 Å². The highest BCUT2D eigenvalue weighted by atomic mass is 32.2. The summed E-state index contributed by atoms with van der Waals surface area (Å²) in [5, 5.41) is 5.66. The molecule has 0 aliphatic heterocycles. The van der Waals surface area contributed by atoms with Crippen molar-refractivity contribution in [2.45, 2.75) is 31.1 Å². The van der Waals surface area contributed by atoms with Crippen LogP contribution in [0.3, 0.4) is 0 Å². The van der Waals surface area contributed by atoms with Crippen molar-refractivity contribution in [1.29, 1.82) is 0 Å². The van der Waals surface area contributed by atoms with E-state index in [2.05, 4.69) is 10.6 Å². The van der Waals surface area contributed by atoms with Crippen molar-refractivity contribution in [2.24, 2.45) is 17.8 Å². The van der Waals surface area contributed by atoms with Crippen molar-refractivity contribution >= 4 is 27.5 Å². The van der Waals surface area contributed by atoms with Crippen molar-refractivity contribution in [3.05, 3.63) is 29.8 Å². The fourth-order valence-corrected chi connectivity index (χ4v) is 5.12. The van der Waals surface area contributed by atoms with Crippen LogP contribution >= 0.6 is 0 Å². The van der Waals surface area contributed by atoms with Gasteiger partial charge >= 0.3 is 12.0 Å². The summed E-state index contributed by atoms with van der Waals surface area (Å²) in [6, 6.07) is 6.12. The van der Waals surface area contributed by atoms with Crippen molar-refractivity contribution < 1.29 is 22.7 Å². The minimum Gasteiger partial charge on any atom is -0.469 e. The number of sulfone groups is 1. The largest absolute Gasteiger partial charge is 0.469 e. The van der Waals surface area contributed by atoms with E-state index in [1.54, 1.807) is 24.3 Å². The normalized spacial score (nSPS) is 27.2. The van der Waals surface area contributed by atoms with E-state index in [9.17, 15) is 18.0 Å². The van der Waals surface area contributed by atoms with Gasteiger partial charge in [-0.05, 0) is 48.8 Å². The number of methoxy groups -OCH3 is 1. The summed E-state index contributed by atoms with van der Waals surface area (Å²) in [5.41, 5.74) is 1.12. The molecule has 2 N–H and O–H groups in total. The first-order valence-corrected chi connectivity index (χ1v) is 10.7. The molecule has 4 atom stereocenters. The molecule has 7 nitrogen and oxygen atoms in total. The van der Waals surface area contributed by atoms with Crippen molar-refractivity contribution in [1.82, 2.24) is 5.32 Å². The monoisotopic (exact) mass is 380 g/mol. The summed E-state index contributed by atoms with van der Waals surface area (Å²) in [5.74, 6) is -0.0676. The maximum Gasteiger partial charge on any atom is 0.319 e. The molecule has 2 fully saturated rings. The van der Waals surface area contributed by atoms with Gasteiger partial charge in [0.2, 0.25) is 0 Å². The fraction of sp³-hybridized carbons (Fsp3) is 0.556. The van der Waals surface area contributed by atoms with Crippen LogP contribution in [0.4, 0.5) is 10.5 Å². The Balaban J connectivity index is 1.65. The molecule has 0 aromatic heterocycles. The van der Waals surface area contributed by atoms with E-state index in [-0.39, 0.29) is 29.6 Å². The van der Waals surface area contributed by atoms with Gasteiger partial charge in [0, 0.05) is 18.0 Å². The van der Waals surface area contributed by atoms with Gasteiger partial charge in [0.15, 0.2) is 9.84 Å². The number of ether oxygens (including phenoxy) is 1. The predicted molar refractivity (Wildman–Crippen MR) is 97.3 cm³/mol. The first-order valence-electron chi connectivity index (χ1n) is 8.69. The van der Waals surface area contributed by atoms with E-state index >= 15 is 0 Å². The lowest BCUT2D eigenvalue weighted by atomic mass is 9.84. The number of esters is 1. The van der Waals surface area contributed by atoms with E-state index in [0.717, 1.165) is 19.3 Å². The highest BCUT2D eigenvalue weighted by Crippen LogP contribution is 2.48. The molecule has 0 heterocycles. The van der Waals surface area contributed by atoms with Gasteiger partial charge in [-0.1, -0.05) is 12.1 Å². The SMILES string of the molecule is COC(=O)[C@H]1[C@H]2CC[C@@H](C2)[C@H]1NC(=O)Nc1cccc(CS(C)(=O)=O)c1. The lowest BCUT2D eigenvalue weighted by Gasteiger charge is -2.29. The molecule has 1 aromatic carbocycles. The van der Waals surface area contributed by atoms with Crippen LogP contribution in [-0.4, -0.2) is 39.8 Å². The highest BCUT2D eigenvalue weighted by molar-refractivity contribution is 7.89. The number of amides is 2. The fourth-order valence-electron chi connectivity index (χ4n) is 4.33. The molecule has 2 amide bonds. The van der Waals surface area contributed by atoms with Crippen molar-refractivity contribution in [3.63, 3.8) is 0 Å². The zero-order valence-corrected chi connectivity index (χ0v) is 15.7. The van der Waals surface area contributed by atoms with Gasteiger partial charge in [0.25, 0.3) is 0 Å². The third-order valence-electron chi connectivity index (χ3n) is 5.30. The summed E-state index contributed by atoms with van der Waals surface area (Å²) in [6.45, 7) is 0. The number of rotatable bonds is 5. The van der Waals surface area contributed by atoms with Crippen LogP contribution in [0.1, 0.15) is 24.8 Å². The summed E-state index contributed by atoms with van der Waals surface area (Å²) in [4.78, 5) is 24.5. The van der Waals surface area contributed by atoms with Crippen LogP contribution in [0.5, 0.6) is 0 Å². The smallest absolute Gasteiger partial charge is 0.319 e. The lowest BCUT2D eigenvalue weighted by Crippen LogP contribution is -2.48. The van der Waals surface area contributed by atoms with E-state index in [0.29, 0.717) is 17.2 Å². The molecular weight excluding hydrogens is 356 g/mol. The minimum atomic E-state index is -3.15. The zero-order valence-electron chi connectivity index (χ0n) is 14.9. The molecule has 1 aromatic rings. The molecule has 3 rings (SSSR count). The second kappa shape index (κ2) is 7.26. The average Bonchev–Trinajstić information content (AvgIpc) is 3.14. The summed E-state index contributed by atoms with van der Waals surface area (Å²) in [6.07, 6.45) is 4.11. The van der Waals surface area contributed by atoms with Crippen LogP contribution in [-0.2, 0) is 25.1 Å². The first kappa shape index (κ1) is 18.7. The Morgan fingerprint density at radius 3 is 2.65 bits per heavy atom. The number of urea groups is 1. The molecule has 0 spiro atoms. The third kappa shape index (κ3) is 4.17. The Morgan fingerprint density at radius 2 is 1.96 bits per heavy atom. The number of carbonyl (C=O) groups is 2. The molecule has 0 unspecified atom stereocenters. The predicted octanol–water partition coefficient (Wildman–Crippen LogP) is 1.94. The van der Waals surface area contributed by atoms with Gasteiger partial charge in [-0.15, -0.1) is 0 Å². The third-order valence-corrected chi connectivity index (χ3v) is 6.16. The molecule has 8 heteroatoms. The number of fused-ring (bicyclic) bond motifs is 2. The van der Waals surface area contributed by atoms with Crippen LogP contribution in [0.2, 0.25) is 0 Å². The molecular formula is C18H24N2O5S. The number of anilines is 1. The van der Waals surface area contributed by atoms with Gasteiger partial charge < -0.3 is 15.4 Å². The number of carbonyl (C=O) groups excluding carboxylic acids is 2. The Hall–Kier alpha value is -2.09. The van der Waals surface area contributed by atoms with Crippen LogP contribution in [0.15, 0.2) is 24.3 Å². The van der Waals surface area contributed by atoms with Gasteiger partial charge in [-0.2, -0.15) is 0 Å². The van der Waals surface area contributed by atoms with Crippen LogP contribution < -0.4 is 10.6 Å². The zero-order chi connectivity index (χ0) is 18.9. The van der Waals surface area contributed by atoms with Gasteiger partial charge in [-0.25, -0.2) is 13.2 Å². The molecule has 142 valence electrons. The Kier molecular flexibility index (Phi) is 5.22. The van der Waals surface area contributed by atoms with Gasteiger partial charge in [-0.3, -0.25) is 4.79 Å². The Bertz CT molecular complexity index is 808. The van der Waals surface area contributed by atoms with Crippen LogP contribution in [0.25, 0.3) is 0 Å². The molecule has 2 saturated carbocycles. The average molecular weight is 380 g/mol. The minimum absolute atomic E-state index is 0.0824. The lowest BCUT2D eigenvalue weighted by molar-refractivity contribution is -0.148. The first-order chi connectivity index (χ1) is 12.3. The molecule has 26 heavy (non-hydrogen) atoms. The standard InChI is InChI=1S/C18H24N2O5S/c1-25-17(21)15-12-6-7-13(9-12)16(15)20-18(22)19-14-5-3-4-11(8-14)10-26(2,23)24/h3-5,8,12-13,15-16H,6-7,9-10H2,1-2H3,(H2,19,20,22)/t12-,13-,15-,16+/m0/s1. The maximum absolute atomic E-state index is 12.4. The van der Waals surface area contributed by atoms with E-state index in [1.807, 2.05) is 0 Å². The molecule has 0 saturated heterocycles. The summed E-state index contributed by atoms with van der Waals surface area (Å²) < 4.78 is 27.8. The molecule has 2 bridgehead atoms. The van der Waals surface area contributed by atoms with Gasteiger partial charge in [0.1, 0.15) is 0 Å². The maximum atomic E-state index is 12.4. The second-order valence-electron chi connectivity index (χ2n) is 7.28. The summed E-state index contributed by atoms with van der Waals surface area (Å²) in [7, 11) is -1.77. The van der Waals surface area contributed by atoms with Crippen molar-refractivity contribution in [3.8, 4) is 0 Å². The van der Waals surface area contributed by atoms with E-state index in [4.69, 9.17) is 4.74 Å². The quantitative estimate of drug-likeness (QED) is 0.760. The molecule has 2 aliphatic carbocycles. The van der Waals surface area contributed by atoms with Gasteiger partial charge in [0.05, 0.1) is 18.8 Å². The van der Waals surface area contributed by atoms with E-state index in [1.165, 1.54) is 13.4 Å². The molecule has 0 radical (unpaired) electrons. The Labute approximate surface area is 153 Å². The second-order valence-corrected chi connectivity index (χ2v) is 9.42. The Morgan fingerprint density at radius 1 is 1.23 bits per heavy atom. The van der Waals surface area contributed by atoms with Crippen LogP contribution in [0, 0.1) is 17.8 Å². The number of hydrogen-bond donors (Lipinski definition) is 2. The van der Waals surface area contributed by atoms with E-state index < -0.39 is 15.9 Å². The number of benzene rings is 1. The highest BCUT2D eigenvalue weighted by Gasteiger charge is 2.52. The molecule has 2 aliphatic rings. The summed E-state index contributed by atoms with van der Waals surface area (Å²) >= 11 is 0. The number of hydrogen-bond acceptors (Lipinski definition) is 5. The topological polar surface area (TPSA) is 102 Å². The number of nitrogens with one attached hydrogen (secondary N) is 2.